The van der Waals surface area contributed by atoms with Gasteiger partial charge in [0.1, 0.15) is 10.8 Å². The third-order valence-electron chi connectivity index (χ3n) is 7.16. The maximum absolute atomic E-state index is 9.84. The quantitative estimate of drug-likeness (QED) is 0.335. The van der Waals surface area contributed by atoms with Gasteiger partial charge in [0.15, 0.2) is 0 Å². The zero-order valence-corrected chi connectivity index (χ0v) is 20.6. The SMILES string of the molecule is Cc1nc(NCc2cccnc2)nc(NC2(C)CCC(CO)C2C)c1-c1nc2ccccc2s1. The molecule has 1 aliphatic carbocycles. The largest absolute Gasteiger partial charge is 0.396 e. The highest BCUT2D eigenvalue weighted by atomic mass is 32.1. The van der Waals surface area contributed by atoms with Crippen LogP contribution in [0.4, 0.5) is 11.8 Å². The van der Waals surface area contributed by atoms with E-state index in [1.165, 1.54) is 0 Å². The summed E-state index contributed by atoms with van der Waals surface area (Å²) < 4.78 is 1.14. The molecular formula is C26H30N6OS. The number of aliphatic hydroxyl groups excluding tert-OH is 1. The molecule has 4 aromatic rings. The molecule has 7 nitrogen and oxygen atoms in total. The van der Waals surface area contributed by atoms with Crippen LogP contribution in [0.3, 0.4) is 0 Å². The van der Waals surface area contributed by atoms with Crippen molar-refractivity contribution >= 4 is 33.3 Å². The van der Waals surface area contributed by atoms with E-state index in [0.717, 1.165) is 50.7 Å². The van der Waals surface area contributed by atoms with Crippen LogP contribution in [-0.2, 0) is 6.54 Å². The predicted molar refractivity (Wildman–Crippen MR) is 138 cm³/mol. The van der Waals surface area contributed by atoms with Crippen LogP contribution in [-0.4, -0.2) is 37.2 Å². The first kappa shape index (κ1) is 22.7. The molecule has 0 bridgehead atoms. The fourth-order valence-corrected chi connectivity index (χ4v) is 5.90. The molecule has 5 rings (SSSR count). The third-order valence-corrected chi connectivity index (χ3v) is 8.21. The van der Waals surface area contributed by atoms with E-state index in [4.69, 9.17) is 15.0 Å². The average molecular weight is 475 g/mol. The van der Waals surface area contributed by atoms with Crippen molar-refractivity contribution in [3.05, 3.63) is 60.0 Å². The average Bonchev–Trinajstić information content (AvgIpc) is 3.38. The van der Waals surface area contributed by atoms with Crippen LogP contribution in [0.15, 0.2) is 48.8 Å². The molecule has 0 radical (unpaired) electrons. The van der Waals surface area contributed by atoms with Gasteiger partial charge in [0.25, 0.3) is 0 Å². The lowest BCUT2D eigenvalue weighted by Gasteiger charge is -2.34. The van der Waals surface area contributed by atoms with Crippen molar-refractivity contribution in [2.24, 2.45) is 11.8 Å². The molecule has 34 heavy (non-hydrogen) atoms. The van der Waals surface area contributed by atoms with Crippen molar-refractivity contribution < 1.29 is 5.11 Å². The highest BCUT2D eigenvalue weighted by molar-refractivity contribution is 7.21. The molecule has 0 amide bonds. The molecule has 8 heteroatoms. The number of aryl methyl sites for hydroxylation is 1. The van der Waals surface area contributed by atoms with E-state index in [0.29, 0.717) is 18.4 Å². The number of benzene rings is 1. The predicted octanol–water partition coefficient (Wildman–Crippen LogP) is 5.28. The second-order valence-electron chi connectivity index (χ2n) is 9.37. The van der Waals surface area contributed by atoms with E-state index in [2.05, 4.69) is 35.5 Å². The van der Waals surface area contributed by atoms with Crippen molar-refractivity contribution in [3.8, 4) is 10.6 Å². The molecule has 1 saturated carbocycles. The fraction of sp³-hybridized carbons (Fsp3) is 0.385. The summed E-state index contributed by atoms with van der Waals surface area (Å²) in [7, 11) is 0. The lowest BCUT2D eigenvalue weighted by Crippen LogP contribution is -2.40. The first-order chi connectivity index (χ1) is 16.5. The number of nitrogens with zero attached hydrogens (tertiary/aromatic N) is 4. The Hall–Kier alpha value is -3.10. The Labute approximate surface area is 203 Å². The molecule has 3 heterocycles. The number of thiazole rings is 1. The third kappa shape index (κ3) is 4.35. The summed E-state index contributed by atoms with van der Waals surface area (Å²) in [5.74, 6) is 1.95. The number of aliphatic hydroxyl groups is 1. The Kier molecular flexibility index (Phi) is 6.18. The van der Waals surface area contributed by atoms with Gasteiger partial charge in [-0.1, -0.05) is 25.1 Å². The molecule has 1 aromatic carbocycles. The highest BCUT2D eigenvalue weighted by Gasteiger charge is 2.42. The number of rotatable bonds is 7. The molecule has 176 valence electrons. The van der Waals surface area contributed by atoms with Gasteiger partial charge in [-0.25, -0.2) is 9.97 Å². The molecular weight excluding hydrogens is 444 g/mol. The number of anilines is 2. The molecule has 0 saturated heterocycles. The van der Waals surface area contributed by atoms with E-state index in [-0.39, 0.29) is 18.1 Å². The number of fused-ring (bicyclic) bond motifs is 1. The van der Waals surface area contributed by atoms with Crippen LogP contribution in [0.2, 0.25) is 0 Å². The summed E-state index contributed by atoms with van der Waals surface area (Å²) in [6.45, 7) is 7.27. The minimum absolute atomic E-state index is 0.180. The normalized spacial score (nSPS) is 22.2. The molecule has 3 aromatic heterocycles. The molecule has 3 atom stereocenters. The van der Waals surface area contributed by atoms with E-state index in [1.807, 2.05) is 43.5 Å². The van der Waals surface area contributed by atoms with Crippen LogP contribution in [0.25, 0.3) is 20.8 Å². The standard InChI is InChI=1S/C26H30N6OS/c1-16-19(15-33)10-11-26(16,3)32-23-22(24-30-20-8-4-5-9-21(20)34-24)17(2)29-25(31-23)28-14-18-7-6-12-27-13-18/h4-9,12-13,16,19,33H,10-11,14-15H2,1-3H3,(H2,28,29,31,32). The van der Waals surface area contributed by atoms with Gasteiger partial charge in [0.05, 0.1) is 21.5 Å². The molecule has 3 N–H and O–H groups in total. The molecule has 3 unspecified atom stereocenters. The zero-order valence-electron chi connectivity index (χ0n) is 19.7. The van der Waals surface area contributed by atoms with Gasteiger partial charge >= 0.3 is 0 Å². The molecule has 1 fully saturated rings. The van der Waals surface area contributed by atoms with Crippen molar-refractivity contribution in [3.63, 3.8) is 0 Å². The minimum atomic E-state index is -0.180. The topological polar surface area (TPSA) is 95.9 Å². The van der Waals surface area contributed by atoms with Gasteiger partial charge < -0.3 is 15.7 Å². The van der Waals surface area contributed by atoms with Crippen LogP contribution in [0.5, 0.6) is 0 Å². The van der Waals surface area contributed by atoms with E-state index in [9.17, 15) is 5.11 Å². The molecule has 1 aliphatic rings. The summed E-state index contributed by atoms with van der Waals surface area (Å²) in [5, 5.41) is 17.9. The molecule has 0 spiro atoms. The van der Waals surface area contributed by atoms with Gasteiger partial charge in [-0.15, -0.1) is 11.3 Å². The first-order valence-electron chi connectivity index (χ1n) is 11.7. The van der Waals surface area contributed by atoms with E-state index in [1.54, 1.807) is 17.5 Å². The fourth-order valence-electron chi connectivity index (χ4n) is 4.84. The Bertz CT molecular complexity index is 1260. The van der Waals surface area contributed by atoms with Crippen LogP contribution in [0.1, 0.15) is 37.9 Å². The maximum Gasteiger partial charge on any atom is 0.225 e. The Morgan fingerprint density at radius 3 is 2.74 bits per heavy atom. The van der Waals surface area contributed by atoms with E-state index < -0.39 is 0 Å². The summed E-state index contributed by atoms with van der Waals surface area (Å²) in [5.41, 5.74) is 3.68. The Morgan fingerprint density at radius 2 is 2.00 bits per heavy atom. The number of pyridine rings is 1. The molecule has 0 aliphatic heterocycles. The van der Waals surface area contributed by atoms with Crippen LogP contribution < -0.4 is 10.6 Å². The Morgan fingerprint density at radius 1 is 1.15 bits per heavy atom. The minimum Gasteiger partial charge on any atom is -0.396 e. The summed E-state index contributed by atoms with van der Waals surface area (Å²) in [6.07, 6.45) is 5.57. The summed E-state index contributed by atoms with van der Waals surface area (Å²) >= 11 is 1.66. The monoisotopic (exact) mass is 474 g/mol. The van der Waals surface area contributed by atoms with Gasteiger partial charge in [-0.2, -0.15) is 4.98 Å². The van der Waals surface area contributed by atoms with Crippen molar-refractivity contribution in [2.75, 3.05) is 17.2 Å². The lowest BCUT2D eigenvalue weighted by atomic mass is 9.86. The van der Waals surface area contributed by atoms with Gasteiger partial charge in [0.2, 0.25) is 5.95 Å². The van der Waals surface area contributed by atoms with Gasteiger partial charge in [-0.3, -0.25) is 4.98 Å². The van der Waals surface area contributed by atoms with Crippen LogP contribution in [0, 0.1) is 18.8 Å². The smallest absolute Gasteiger partial charge is 0.225 e. The van der Waals surface area contributed by atoms with Crippen molar-refractivity contribution in [2.45, 2.75) is 45.7 Å². The first-order valence-corrected chi connectivity index (χ1v) is 12.5. The van der Waals surface area contributed by atoms with Crippen molar-refractivity contribution in [1.82, 2.24) is 19.9 Å². The van der Waals surface area contributed by atoms with Gasteiger partial charge in [-0.05, 0) is 62.3 Å². The Balaban J connectivity index is 1.54. The van der Waals surface area contributed by atoms with Gasteiger partial charge in [0, 0.05) is 31.1 Å². The van der Waals surface area contributed by atoms with Crippen molar-refractivity contribution in [1.29, 1.82) is 0 Å². The maximum atomic E-state index is 9.84. The summed E-state index contributed by atoms with van der Waals surface area (Å²) in [6, 6.07) is 12.1. The number of hydrogen-bond acceptors (Lipinski definition) is 8. The summed E-state index contributed by atoms with van der Waals surface area (Å²) in [4.78, 5) is 18.8. The lowest BCUT2D eigenvalue weighted by molar-refractivity contribution is 0.187. The number of aromatic nitrogens is 4. The zero-order chi connectivity index (χ0) is 23.7. The second-order valence-corrected chi connectivity index (χ2v) is 10.4. The van der Waals surface area contributed by atoms with Crippen LogP contribution >= 0.6 is 11.3 Å². The number of para-hydroxylation sites is 1. The van der Waals surface area contributed by atoms with E-state index >= 15 is 0 Å². The second kappa shape index (κ2) is 9.27. The highest BCUT2D eigenvalue weighted by Crippen LogP contribution is 2.44. The number of nitrogens with one attached hydrogen (secondary N) is 2. The number of hydrogen-bond donors (Lipinski definition) is 3.